The van der Waals surface area contributed by atoms with Crippen LogP contribution in [0, 0.1) is 34.5 Å². The fourth-order valence-electron chi connectivity index (χ4n) is 12.8. The highest BCUT2D eigenvalue weighted by atomic mass is 16.4. The SMILES string of the molecule is CC[C@H](C)[C@H](NC(=O)[C@H](CCCCN)NC(=O)[C@H](Cc1cnc[nH]1)NC(=O)[C@H](CCCNC(=N)N)NC(=O)[C@H](CCC(=O)O)NC(=O)[C@@H](N)[C@@H](C)O)C(=O)N[C@@H](CC(C)C)C(=O)N[C@@H](Cc1cnc[nH]1)C(=O)N[C@@H](CCCNC(=N)N)C(=O)N[C@@H](CC(C)C)C(=O)N[C@@H](CC(C)C)C(=O)N[C@@H](CCC(N)=O)C(=O)N[C@@H](CCC(=O)O)C(=O)N[C@@H](CO)C(=O)N[C@@H](CO)C(=O)O. The van der Waals surface area contributed by atoms with E-state index in [4.69, 9.17) is 39.5 Å². The number of primary amides is 1. The Kier molecular flexibility index (Phi) is 51.7. The second kappa shape index (κ2) is 59.4. The zero-order valence-electron chi connectivity index (χ0n) is 74.6. The number of aliphatic hydroxyl groups excluding tert-OH is 3. The van der Waals surface area contributed by atoms with Gasteiger partial charge >= 0.3 is 17.9 Å². The number of nitrogens with two attached hydrogens (primary N) is 5. The van der Waals surface area contributed by atoms with Crippen LogP contribution < -0.4 is 114 Å². The number of amides is 15. The molecule has 2 aromatic heterocycles. The summed E-state index contributed by atoms with van der Waals surface area (Å²) in [7, 11) is 0. The predicted octanol–water partition coefficient (Wildman–Crippen LogP) is -8.68. The van der Waals surface area contributed by atoms with Gasteiger partial charge in [0.1, 0.15) is 90.6 Å². The van der Waals surface area contributed by atoms with Crippen molar-refractivity contribution in [3.63, 3.8) is 0 Å². The molecular weight excluding hydrogens is 1710 g/mol. The molecule has 0 radical (unpaired) electrons. The minimum absolute atomic E-state index is 0.00715. The van der Waals surface area contributed by atoms with E-state index in [0.717, 1.165) is 0 Å². The number of aliphatic carboxylic acids is 3. The zero-order valence-corrected chi connectivity index (χ0v) is 74.6. The molecule has 2 aromatic rings. The van der Waals surface area contributed by atoms with Crippen LogP contribution in [0.1, 0.15) is 183 Å². The molecule has 0 unspecified atom stereocenters. The molecule has 0 fully saturated rings. The summed E-state index contributed by atoms with van der Waals surface area (Å²) in [5.74, 6) is -23.0. The van der Waals surface area contributed by atoms with Crippen LogP contribution in [0.3, 0.4) is 0 Å². The second-order valence-corrected chi connectivity index (χ2v) is 32.7. The molecular formula is C79H135N27O24. The Bertz CT molecular complexity index is 4060. The summed E-state index contributed by atoms with van der Waals surface area (Å²) in [5.41, 5.74) is 28.8. The first-order chi connectivity index (χ1) is 61.1. The summed E-state index contributed by atoms with van der Waals surface area (Å²) >= 11 is 0. The molecule has 0 saturated heterocycles. The number of nitrogens with zero attached hydrogens (tertiary/aromatic N) is 2. The number of hydrogen-bond acceptors (Lipinski definition) is 27. The lowest BCUT2D eigenvalue weighted by molar-refractivity contribution is -0.143. The number of nitrogens with one attached hydrogen (secondary N) is 20. The Morgan fingerprint density at radius 2 is 0.677 bits per heavy atom. The molecule has 0 aliphatic carbocycles. The van der Waals surface area contributed by atoms with Crippen molar-refractivity contribution in [3.8, 4) is 0 Å². The maximum atomic E-state index is 15.0. The highest BCUT2D eigenvalue weighted by molar-refractivity contribution is 6.01. The zero-order chi connectivity index (χ0) is 98.2. The normalized spacial score (nSPS) is 15.1. The molecule has 2 rings (SSSR count). The first-order valence-corrected chi connectivity index (χ1v) is 42.8. The molecule has 51 heteroatoms. The van der Waals surface area contributed by atoms with Gasteiger partial charge in [0.05, 0.1) is 32.0 Å². The van der Waals surface area contributed by atoms with Gasteiger partial charge in [-0.3, -0.25) is 92.3 Å². The molecule has 0 spiro atoms. The minimum Gasteiger partial charge on any atom is -0.481 e. The average molecular weight is 1850 g/mol. The second-order valence-electron chi connectivity index (χ2n) is 32.7. The summed E-state index contributed by atoms with van der Waals surface area (Å²) < 4.78 is 0. The summed E-state index contributed by atoms with van der Waals surface area (Å²) in [5, 5.41) is 113. The lowest BCUT2D eigenvalue weighted by atomic mass is 9.96. The van der Waals surface area contributed by atoms with Gasteiger partial charge in [-0.05, 0) is 121 Å². The maximum absolute atomic E-state index is 15.0. The third kappa shape index (κ3) is 43.8. The smallest absolute Gasteiger partial charge is 0.328 e. The van der Waals surface area contributed by atoms with Crippen LogP contribution in [0.15, 0.2) is 25.0 Å². The van der Waals surface area contributed by atoms with Crippen molar-refractivity contribution in [2.75, 3.05) is 32.8 Å². The first kappa shape index (κ1) is 113. The van der Waals surface area contributed by atoms with Gasteiger partial charge in [0, 0.05) is 69.0 Å². The van der Waals surface area contributed by atoms with Crippen molar-refractivity contribution in [1.82, 2.24) is 105 Å². The number of aromatic nitrogens is 4. The fourth-order valence-corrected chi connectivity index (χ4v) is 12.8. The van der Waals surface area contributed by atoms with Crippen molar-refractivity contribution >= 4 is 118 Å². The van der Waals surface area contributed by atoms with E-state index >= 15 is 9.59 Å². The Morgan fingerprint density at radius 1 is 0.385 bits per heavy atom. The fraction of sp³-hybridized carbons (Fsp3) is 0.671. The Balaban J connectivity index is 2.69. The molecule has 730 valence electrons. The van der Waals surface area contributed by atoms with Gasteiger partial charge in [-0.25, -0.2) is 14.8 Å². The van der Waals surface area contributed by atoms with Gasteiger partial charge in [-0.2, -0.15) is 0 Å². The van der Waals surface area contributed by atoms with Gasteiger partial charge < -0.3 is 154 Å². The number of H-pyrrole nitrogens is 2. The summed E-state index contributed by atoms with van der Waals surface area (Å²) in [6.45, 7) is 12.5. The molecule has 15 amide bonds. The third-order valence-corrected chi connectivity index (χ3v) is 20.2. The number of guanidine groups is 2. The first-order valence-electron chi connectivity index (χ1n) is 42.8. The quantitative estimate of drug-likeness (QED) is 0.0166. The lowest BCUT2D eigenvalue weighted by Gasteiger charge is -2.30. The summed E-state index contributed by atoms with van der Waals surface area (Å²) in [6, 6.07) is -24.5. The molecule has 36 N–H and O–H groups in total. The standard InChI is InChI=1S/C79H135N27O24/c1-10-41(8)62(106-68(120)45(15-11-12-24-80)94-72(124)54(30-43-32-87-36-91-43)101-64(116)46(16-13-25-89-78(83)84)93-66(118)50(20-23-60(113)114)98-75(127)61(82)42(9)109)76(128)103-53(29-40(6)7)71(123)102-55(31-44-33-88-37-92-44)73(125)95-47(17-14-26-90-79(85)86)63(115)99-52(28-39(4)5)70(122)100-51(27-38(2)3)69(121)97-48(18-21-58(81)110)65(117)96-49(19-22-59(111)112)67(119)104-56(34-107)74(126)105-57(35-108)77(129)130/h32-33,36-42,45-57,61-62,107-109H,10-31,34-35,80,82H2,1-9H3,(H2,81,110)(H,87,91)(H,88,92)(H,93,118)(H,94,124)(H,95,125)(H,96,117)(H,97,121)(H,98,127)(H,99,115)(H,100,122)(H,101,116)(H,102,123)(H,103,128)(H,104,119)(H,105,126)(H,106,120)(H,111,112)(H,113,114)(H,129,130)(H4,83,84,89)(H4,85,86,90)/t41-,42+,45-,46-,47-,48-,49-,50-,51-,52-,53-,54-,55-,56-,57-,61-,62-/m0/s1. The molecule has 51 nitrogen and oxygen atoms in total. The van der Waals surface area contributed by atoms with E-state index in [1.54, 1.807) is 55.4 Å². The van der Waals surface area contributed by atoms with E-state index in [1.165, 1.54) is 32.0 Å². The predicted molar refractivity (Wildman–Crippen MR) is 464 cm³/mol. The Morgan fingerprint density at radius 3 is 0.985 bits per heavy atom. The molecule has 0 bridgehead atoms. The third-order valence-electron chi connectivity index (χ3n) is 20.2. The van der Waals surface area contributed by atoms with Crippen LogP contribution in [-0.4, -0.2) is 299 Å². The van der Waals surface area contributed by atoms with Crippen LogP contribution in [0.25, 0.3) is 0 Å². The van der Waals surface area contributed by atoms with Crippen LogP contribution in [0.2, 0.25) is 0 Å². The van der Waals surface area contributed by atoms with Crippen molar-refractivity contribution in [1.29, 1.82) is 10.8 Å². The lowest BCUT2D eigenvalue weighted by Crippen LogP contribution is -2.62. The van der Waals surface area contributed by atoms with Crippen LogP contribution >= 0.6 is 0 Å². The number of aliphatic hydroxyl groups is 3. The minimum atomic E-state index is -1.92. The molecule has 0 aromatic carbocycles. The molecule has 0 aliphatic rings. The van der Waals surface area contributed by atoms with Crippen molar-refractivity contribution in [2.45, 2.75) is 281 Å². The highest BCUT2D eigenvalue weighted by Crippen LogP contribution is 2.18. The Hall–Kier alpha value is -12.8. The number of unbranched alkanes of at least 4 members (excludes halogenated alkanes) is 1. The van der Waals surface area contributed by atoms with E-state index in [2.05, 4.69) is 99.7 Å². The van der Waals surface area contributed by atoms with E-state index in [0.29, 0.717) is 6.42 Å². The number of carbonyl (C=O) groups is 18. The van der Waals surface area contributed by atoms with Crippen molar-refractivity contribution < 1.29 is 117 Å². The van der Waals surface area contributed by atoms with Gasteiger partial charge in [-0.1, -0.05) is 61.8 Å². The number of imidazole rings is 2. The monoisotopic (exact) mass is 1850 g/mol. The van der Waals surface area contributed by atoms with Crippen molar-refractivity contribution in [2.24, 2.45) is 52.3 Å². The van der Waals surface area contributed by atoms with E-state index < -0.39 is 285 Å². The number of aromatic amines is 2. The van der Waals surface area contributed by atoms with Crippen molar-refractivity contribution in [3.05, 3.63) is 36.4 Å². The molecule has 2 heterocycles. The van der Waals surface area contributed by atoms with E-state index in [9.17, 15) is 107 Å². The van der Waals surface area contributed by atoms with Gasteiger partial charge in [0.2, 0.25) is 88.6 Å². The van der Waals surface area contributed by atoms with Crippen LogP contribution in [-0.2, 0) is 99.1 Å². The van der Waals surface area contributed by atoms with Gasteiger partial charge in [-0.15, -0.1) is 0 Å². The molecule has 0 saturated carbocycles. The number of carboxylic acids is 3. The maximum Gasteiger partial charge on any atom is 0.328 e. The number of rotatable bonds is 65. The molecule has 0 aliphatic heterocycles. The van der Waals surface area contributed by atoms with E-state index in [1.807, 2.05) is 5.32 Å². The van der Waals surface area contributed by atoms with Crippen LogP contribution in [0.4, 0.5) is 0 Å². The highest BCUT2D eigenvalue weighted by Gasteiger charge is 2.40. The average Bonchev–Trinajstić information content (AvgIpc) is 1.58. The molecule has 130 heavy (non-hydrogen) atoms. The van der Waals surface area contributed by atoms with Gasteiger partial charge in [0.25, 0.3) is 0 Å². The number of carbonyl (C=O) groups excluding carboxylic acids is 15. The largest absolute Gasteiger partial charge is 0.481 e. The Labute approximate surface area is 751 Å². The molecule has 17 atom stereocenters. The summed E-state index contributed by atoms with van der Waals surface area (Å²) in [4.78, 5) is 262. The summed E-state index contributed by atoms with van der Waals surface area (Å²) in [6.07, 6.45) is -0.763. The number of carboxylic acid groups (broad SMARTS) is 3. The number of hydrogen-bond donors (Lipinski definition) is 31. The van der Waals surface area contributed by atoms with Gasteiger partial charge in [0.15, 0.2) is 11.9 Å². The van der Waals surface area contributed by atoms with Crippen LogP contribution in [0.5, 0.6) is 0 Å². The topological polar surface area (TPSA) is 856 Å². The van der Waals surface area contributed by atoms with E-state index in [-0.39, 0.29) is 114 Å².